The molecule has 0 aromatic heterocycles. The van der Waals surface area contributed by atoms with Crippen molar-refractivity contribution in [2.45, 2.75) is 32.7 Å². The van der Waals surface area contributed by atoms with E-state index in [2.05, 4.69) is 5.32 Å². The minimum absolute atomic E-state index is 0.170. The molecular formula is C11H19NO4. The van der Waals surface area contributed by atoms with Gasteiger partial charge in [-0.25, -0.2) is 4.79 Å². The van der Waals surface area contributed by atoms with Gasteiger partial charge in [-0.1, -0.05) is 13.8 Å². The molecule has 0 aromatic carbocycles. The maximum atomic E-state index is 11.8. The van der Waals surface area contributed by atoms with Gasteiger partial charge in [-0.15, -0.1) is 0 Å². The minimum Gasteiger partial charge on any atom is -0.480 e. The Morgan fingerprint density at radius 2 is 2.12 bits per heavy atom. The second kappa shape index (κ2) is 4.82. The number of hydrogen-bond donors (Lipinski definition) is 2. The van der Waals surface area contributed by atoms with E-state index in [-0.39, 0.29) is 17.7 Å². The van der Waals surface area contributed by atoms with Gasteiger partial charge < -0.3 is 15.2 Å². The number of rotatable bonds is 4. The molecular weight excluding hydrogens is 210 g/mol. The lowest BCUT2D eigenvalue weighted by Gasteiger charge is -2.31. The molecule has 1 rings (SSSR count). The molecule has 5 heteroatoms. The summed E-state index contributed by atoms with van der Waals surface area (Å²) in [6, 6.07) is 0. The summed E-state index contributed by atoms with van der Waals surface area (Å²) in [7, 11) is 0. The first-order chi connectivity index (χ1) is 7.38. The molecule has 1 aliphatic heterocycles. The molecule has 16 heavy (non-hydrogen) atoms. The smallest absolute Gasteiger partial charge is 0.329 e. The Hall–Kier alpha value is -1.10. The fourth-order valence-electron chi connectivity index (χ4n) is 1.54. The summed E-state index contributed by atoms with van der Waals surface area (Å²) < 4.78 is 5.11. The Kier molecular flexibility index (Phi) is 3.91. The van der Waals surface area contributed by atoms with Gasteiger partial charge in [0, 0.05) is 6.61 Å². The molecule has 0 bridgehead atoms. The number of ether oxygens (including phenoxy) is 1. The van der Waals surface area contributed by atoms with Crippen LogP contribution in [0.4, 0.5) is 0 Å². The number of carboxylic acids is 1. The highest BCUT2D eigenvalue weighted by molar-refractivity contribution is 5.88. The zero-order valence-corrected chi connectivity index (χ0v) is 9.95. The largest absolute Gasteiger partial charge is 0.480 e. The predicted molar refractivity (Wildman–Crippen MR) is 57.9 cm³/mol. The predicted octanol–water partition coefficient (Wildman–Crippen LogP) is 0.638. The molecule has 1 fully saturated rings. The summed E-state index contributed by atoms with van der Waals surface area (Å²) in [5, 5.41) is 11.8. The molecule has 1 aliphatic rings. The highest BCUT2D eigenvalue weighted by Crippen LogP contribution is 2.19. The van der Waals surface area contributed by atoms with E-state index in [9.17, 15) is 9.59 Å². The summed E-state index contributed by atoms with van der Waals surface area (Å²) in [5.74, 6) is -1.61. The highest BCUT2D eigenvalue weighted by atomic mass is 16.5. The molecule has 0 aromatic rings. The molecule has 5 nitrogen and oxygen atoms in total. The van der Waals surface area contributed by atoms with Crippen LogP contribution in [0.2, 0.25) is 0 Å². The first-order valence-corrected chi connectivity index (χ1v) is 5.51. The molecule has 1 amide bonds. The molecule has 2 N–H and O–H groups in total. The first-order valence-electron chi connectivity index (χ1n) is 5.51. The molecule has 2 atom stereocenters. The fraction of sp³-hybridized carbons (Fsp3) is 0.818. The van der Waals surface area contributed by atoms with Crippen LogP contribution in [-0.4, -0.2) is 35.7 Å². The van der Waals surface area contributed by atoms with Crippen LogP contribution in [0.1, 0.15) is 27.2 Å². The number of aliphatic carboxylic acids is 1. The average molecular weight is 229 g/mol. The van der Waals surface area contributed by atoms with E-state index in [4.69, 9.17) is 9.84 Å². The van der Waals surface area contributed by atoms with Gasteiger partial charge in [-0.05, 0) is 19.3 Å². The molecule has 1 heterocycles. The van der Waals surface area contributed by atoms with Crippen LogP contribution >= 0.6 is 0 Å². The monoisotopic (exact) mass is 229 g/mol. The van der Waals surface area contributed by atoms with Crippen molar-refractivity contribution >= 4 is 11.9 Å². The SMILES string of the molecule is CC(C)C(C)(NC(=O)C1CCOC1)C(=O)O. The van der Waals surface area contributed by atoms with Crippen molar-refractivity contribution in [2.24, 2.45) is 11.8 Å². The van der Waals surface area contributed by atoms with Gasteiger partial charge >= 0.3 is 5.97 Å². The first kappa shape index (κ1) is 13.0. The molecule has 0 aliphatic carbocycles. The molecule has 0 spiro atoms. The molecule has 2 unspecified atom stereocenters. The van der Waals surface area contributed by atoms with Gasteiger partial charge in [0.05, 0.1) is 12.5 Å². The Bertz CT molecular complexity index is 284. The average Bonchev–Trinajstić information content (AvgIpc) is 2.69. The van der Waals surface area contributed by atoms with Gasteiger partial charge in [0.25, 0.3) is 0 Å². The van der Waals surface area contributed by atoms with Crippen molar-refractivity contribution < 1.29 is 19.4 Å². The molecule has 1 saturated heterocycles. The number of carbonyl (C=O) groups is 2. The van der Waals surface area contributed by atoms with Crippen LogP contribution in [0.25, 0.3) is 0 Å². The Morgan fingerprint density at radius 3 is 2.50 bits per heavy atom. The zero-order valence-electron chi connectivity index (χ0n) is 9.95. The number of amides is 1. The van der Waals surface area contributed by atoms with E-state index >= 15 is 0 Å². The Labute approximate surface area is 95.2 Å². The van der Waals surface area contributed by atoms with Gasteiger partial charge in [-0.2, -0.15) is 0 Å². The van der Waals surface area contributed by atoms with Crippen LogP contribution < -0.4 is 5.32 Å². The topological polar surface area (TPSA) is 75.6 Å². The fourth-order valence-corrected chi connectivity index (χ4v) is 1.54. The number of hydrogen-bond acceptors (Lipinski definition) is 3. The zero-order chi connectivity index (χ0) is 12.3. The lowest BCUT2D eigenvalue weighted by atomic mass is 9.87. The lowest BCUT2D eigenvalue weighted by molar-refractivity contribution is -0.149. The van der Waals surface area contributed by atoms with E-state index < -0.39 is 11.5 Å². The van der Waals surface area contributed by atoms with Crippen molar-refractivity contribution in [1.82, 2.24) is 5.32 Å². The van der Waals surface area contributed by atoms with E-state index in [0.717, 1.165) is 0 Å². The second-order valence-electron chi connectivity index (χ2n) is 4.71. The third-order valence-electron chi connectivity index (χ3n) is 3.28. The van der Waals surface area contributed by atoms with Gasteiger partial charge in [0.15, 0.2) is 0 Å². The number of carboxylic acid groups (broad SMARTS) is 1. The molecule has 0 radical (unpaired) electrons. The summed E-state index contributed by atoms with van der Waals surface area (Å²) in [6.45, 7) is 6.05. The maximum Gasteiger partial charge on any atom is 0.329 e. The third kappa shape index (κ3) is 2.52. The van der Waals surface area contributed by atoms with Gasteiger partial charge in [0.2, 0.25) is 5.91 Å². The van der Waals surface area contributed by atoms with Crippen LogP contribution in [-0.2, 0) is 14.3 Å². The highest BCUT2D eigenvalue weighted by Gasteiger charge is 2.40. The quantitative estimate of drug-likeness (QED) is 0.741. The van der Waals surface area contributed by atoms with Gasteiger partial charge in [-0.3, -0.25) is 4.79 Å². The second-order valence-corrected chi connectivity index (χ2v) is 4.71. The Balaban J connectivity index is 2.68. The van der Waals surface area contributed by atoms with Crippen molar-refractivity contribution in [2.75, 3.05) is 13.2 Å². The maximum absolute atomic E-state index is 11.8. The van der Waals surface area contributed by atoms with Crippen LogP contribution in [0.3, 0.4) is 0 Å². The summed E-state index contributed by atoms with van der Waals surface area (Å²) in [4.78, 5) is 23.0. The van der Waals surface area contributed by atoms with E-state index in [1.807, 2.05) is 0 Å². The van der Waals surface area contributed by atoms with Crippen molar-refractivity contribution in [3.05, 3.63) is 0 Å². The number of carbonyl (C=O) groups excluding carboxylic acids is 1. The standard InChI is InChI=1S/C11H19NO4/c1-7(2)11(3,10(14)15)12-9(13)8-4-5-16-6-8/h7-8H,4-6H2,1-3H3,(H,12,13)(H,14,15). The Morgan fingerprint density at radius 1 is 1.50 bits per heavy atom. The van der Waals surface area contributed by atoms with Crippen molar-refractivity contribution in [1.29, 1.82) is 0 Å². The van der Waals surface area contributed by atoms with E-state index in [1.165, 1.54) is 6.92 Å². The van der Waals surface area contributed by atoms with Gasteiger partial charge in [0.1, 0.15) is 5.54 Å². The normalized spacial score (nSPS) is 24.1. The molecule has 92 valence electrons. The van der Waals surface area contributed by atoms with E-state index in [1.54, 1.807) is 13.8 Å². The van der Waals surface area contributed by atoms with E-state index in [0.29, 0.717) is 19.6 Å². The van der Waals surface area contributed by atoms with Crippen LogP contribution in [0.5, 0.6) is 0 Å². The summed E-state index contributed by atoms with van der Waals surface area (Å²) in [5.41, 5.74) is -1.21. The number of nitrogens with one attached hydrogen (secondary N) is 1. The third-order valence-corrected chi connectivity index (χ3v) is 3.28. The van der Waals surface area contributed by atoms with Crippen LogP contribution in [0.15, 0.2) is 0 Å². The lowest BCUT2D eigenvalue weighted by Crippen LogP contribution is -2.57. The summed E-state index contributed by atoms with van der Waals surface area (Å²) >= 11 is 0. The molecule has 0 saturated carbocycles. The van der Waals surface area contributed by atoms with Crippen molar-refractivity contribution in [3.63, 3.8) is 0 Å². The van der Waals surface area contributed by atoms with Crippen LogP contribution in [0, 0.1) is 11.8 Å². The minimum atomic E-state index is -1.21. The van der Waals surface area contributed by atoms with Crippen molar-refractivity contribution in [3.8, 4) is 0 Å². The summed E-state index contributed by atoms with van der Waals surface area (Å²) in [6.07, 6.45) is 0.666.